The summed E-state index contributed by atoms with van der Waals surface area (Å²) in [6.07, 6.45) is 0.872. The van der Waals surface area contributed by atoms with Crippen molar-refractivity contribution in [2.45, 2.75) is 33.8 Å². The molecule has 0 saturated carbocycles. The third kappa shape index (κ3) is 5.63. The molecule has 0 radical (unpaired) electrons. The molecule has 3 aromatic rings. The number of aromatic nitrogens is 1. The number of ether oxygens (including phenoxy) is 1. The summed E-state index contributed by atoms with van der Waals surface area (Å²) < 4.78 is 11.0. The second-order valence-corrected chi connectivity index (χ2v) is 7.14. The average molecular weight is 408 g/mol. The number of rotatable bonds is 10. The summed E-state index contributed by atoms with van der Waals surface area (Å²) in [4.78, 5) is 14.8. The number of nitrogens with one attached hydrogen (secondary N) is 1. The zero-order valence-corrected chi connectivity index (χ0v) is 17.9. The van der Waals surface area contributed by atoms with Crippen LogP contribution < -0.4 is 15.0 Å². The van der Waals surface area contributed by atoms with Crippen molar-refractivity contribution < 1.29 is 14.1 Å². The number of anilines is 1. The molecule has 3 rings (SSSR count). The maximum absolute atomic E-state index is 12.5. The zero-order valence-electron chi connectivity index (χ0n) is 17.9. The second kappa shape index (κ2) is 10.5. The molecular formula is C24H29N3O3. The zero-order chi connectivity index (χ0) is 21.3. The molecule has 1 heterocycles. The molecule has 1 amide bonds. The Hall–Kier alpha value is -3.28. The number of hydrogen-bond donors (Lipinski definition) is 1. The average Bonchev–Trinajstić information content (AvgIpc) is 3.10. The first-order valence-corrected chi connectivity index (χ1v) is 10.3. The van der Waals surface area contributed by atoms with Crippen molar-refractivity contribution in [1.82, 2.24) is 10.5 Å². The molecule has 0 unspecified atom stereocenters. The Kier molecular flexibility index (Phi) is 7.49. The summed E-state index contributed by atoms with van der Waals surface area (Å²) in [6, 6.07) is 17.5. The van der Waals surface area contributed by atoms with Gasteiger partial charge in [-0.2, -0.15) is 0 Å². The molecule has 0 saturated heterocycles. The molecular weight excluding hydrogens is 378 g/mol. The number of nitrogens with zero attached hydrogens (tertiary/aromatic N) is 2. The second-order valence-electron chi connectivity index (χ2n) is 7.14. The minimum Gasteiger partial charge on any atom is -0.489 e. The molecule has 158 valence electrons. The minimum atomic E-state index is -0.0967. The normalized spacial score (nSPS) is 10.6. The SMILES string of the molecule is CCN(CCCNC(=O)c1cccc(OCc2c(C)noc2C)c1)c1ccccc1. The Morgan fingerprint density at radius 2 is 1.93 bits per heavy atom. The summed E-state index contributed by atoms with van der Waals surface area (Å²) in [5.41, 5.74) is 3.54. The Morgan fingerprint density at radius 1 is 1.13 bits per heavy atom. The largest absolute Gasteiger partial charge is 0.489 e. The van der Waals surface area contributed by atoms with Gasteiger partial charge in [0.05, 0.1) is 11.3 Å². The van der Waals surface area contributed by atoms with Crippen LogP contribution in [0, 0.1) is 13.8 Å². The first-order valence-electron chi connectivity index (χ1n) is 10.3. The van der Waals surface area contributed by atoms with Gasteiger partial charge in [-0.15, -0.1) is 0 Å². The van der Waals surface area contributed by atoms with Gasteiger partial charge < -0.3 is 19.5 Å². The van der Waals surface area contributed by atoms with Crippen LogP contribution in [0.1, 0.15) is 40.7 Å². The van der Waals surface area contributed by atoms with Gasteiger partial charge in [-0.3, -0.25) is 4.79 Å². The van der Waals surface area contributed by atoms with E-state index in [0.717, 1.165) is 36.5 Å². The number of amides is 1. The summed E-state index contributed by atoms with van der Waals surface area (Å²) >= 11 is 0. The van der Waals surface area contributed by atoms with E-state index < -0.39 is 0 Å². The predicted molar refractivity (Wildman–Crippen MR) is 118 cm³/mol. The molecule has 0 bridgehead atoms. The quantitative estimate of drug-likeness (QED) is 0.501. The molecule has 1 aromatic heterocycles. The topological polar surface area (TPSA) is 67.6 Å². The van der Waals surface area contributed by atoms with E-state index in [0.29, 0.717) is 24.5 Å². The van der Waals surface area contributed by atoms with Crippen LogP contribution in [0.15, 0.2) is 59.1 Å². The van der Waals surface area contributed by atoms with E-state index in [-0.39, 0.29) is 5.91 Å². The van der Waals surface area contributed by atoms with Gasteiger partial charge in [-0.1, -0.05) is 29.4 Å². The van der Waals surface area contributed by atoms with Gasteiger partial charge in [-0.05, 0) is 57.5 Å². The van der Waals surface area contributed by atoms with Crippen LogP contribution >= 0.6 is 0 Å². The predicted octanol–water partition coefficient (Wildman–Crippen LogP) is 4.52. The summed E-state index contributed by atoms with van der Waals surface area (Å²) in [7, 11) is 0. The van der Waals surface area contributed by atoms with Gasteiger partial charge in [0.15, 0.2) is 0 Å². The van der Waals surface area contributed by atoms with E-state index in [1.807, 2.05) is 44.2 Å². The van der Waals surface area contributed by atoms with Gasteiger partial charge in [0, 0.05) is 30.9 Å². The van der Waals surface area contributed by atoms with E-state index in [4.69, 9.17) is 9.26 Å². The van der Waals surface area contributed by atoms with Crippen molar-refractivity contribution in [3.05, 3.63) is 77.2 Å². The van der Waals surface area contributed by atoms with Gasteiger partial charge in [0.2, 0.25) is 0 Å². The Balaban J connectivity index is 1.48. The molecule has 6 heteroatoms. The van der Waals surface area contributed by atoms with Crippen LogP contribution in [0.3, 0.4) is 0 Å². The lowest BCUT2D eigenvalue weighted by atomic mass is 10.2. The number of carbonyl (C=O) groups excluding carboxylic acids is 1. The van der Waals surface area contributed by atoms with E-state index >= 15 is 0 Å². The van der Waals surface area contributed by atoms with Gasteiger partial charge in [0.25, 0.3) is 5.91 Å². The number of hydrogen-bond acceptors (Lipinski definition) is 5. The molecule has 0 aliphatic heterocycles. The number of benzene rings is 2. The van der Waals surface area contributed by atoms with Gasteiger partial charge in [0.1, 0.15) is 18.1 Å². The highest BCUT2D eigenvalue weighted by atomic mass is 16.5. The molecule has 30 heavy (non-hydrogen) atoms. The van der Waals surface area contributed by atoms with Crippen molar-refractivity contribution in [2.24, 2.45) is 0 Å². The van der Waals surface area contributed by atoms with Gasteiger partial charge >= 0.3 is 0 Å². The highest BCUT2D eigenvalue weighted by Gasteiger charge is 2.11. The third-order valence-electron chi connectivity index (χ3n) is 5.05. The monoisotopic (exact) mass is 407 g/mol. The summed E-state index contributed by atoms with van der Waals surface area (Å²) in [5, 5.41) is 6.93. The summed E-state index contributed by atoms with van der Waals surface area (Å²) in [6.45, 7) is 8.69. The van der Waals surface area contributed by atoms with Crippen LogP contribution in [-0.2, 0) is 6.61 Å². The number of para-hydroxylation sites is 1. The van der Waals surface area contributed by atoms with E-state index in [1.165, 1.54) is 5.69 Å². The maximum Gasteiger partial charge on any atom is 0.251 e. The first kappa shape index (κ1) is 21.4. The first-order chi connectivity index (χ1) is 14.6. The van der Waals surface area contributed by atoms with Crippen LogP contribution in [0.5, 0.6) is 5.75 Å². The molecule has 6 nitrogen and oxygen atoms in total. The fourth-order valence-electron chi connectivity index (χ4n) is 3.27. The molecule has 0 aliphatic carbocycles. The smallest absolute Gasteiger partial charge is 0.251 e. The van der Waals surface area contributed by atoms with Crippen molar-refractivity contribution >= 4 is 11.6 Å². The van der Waals surface area contributed by atoms with Crippen LogP contribution in [0.4, 0.5) is 5.69 Å². The molecule has 0 spiro atoms. The molecule has 0 fully saturated rings. The minimum absolute atomic E-state index is 0.0967. The number of carbonyl (C=O) groups is 1. The van der Waals surface area contributed by atoms with Gasteiger partial charge in [-0.25, -0.2) is 0 Å². The fourth-order valence-corrected chi connectivity index (χ4v) is 3.27. The van der Waals surface area contributed by atoms with Crippen molar-refractivity contribution in [2.75, 3.05) is 24.5 Å². The van der Waals surface area contributed by atoms with Crippen molar-refractivity contribution in [3.8, 4) is 5.75 Å². The van der Waals surface area contributed by atoms with E-state index in [2.05, 4.69) is 34.4 Å². The molecule has 0 atom stereocenters. The highest BCUT2D eigenvalue weighted by molar-refractivity contribution is 5.94. The van der Waals surface area contributed by atoms with Crippen LogP contribution in [0.2, 0.25) is 0 Å². The van der Waals surface area contributed by atoms with Crippen LogP contribution in [-0.4, -0.2) is 30.7 Å². The lowest BCUT2D eigenvalue weighted by molar-refractivity contribution is 0.0953. The fraction of sp³-hybridized carbons (Fsp3) is 0.333. The lowest BCUT2D eigenvalue weighted by Crippen LogP contribution is -2.29. The number of aryl methyl sites for hydroxylation is 2. The molecule has 0 aliphatic rings. The van der Waals surface area contributed by atoms with Crippen molar-refractivity contribution in [1.29, 1.82) is 0 Å². The van der Waals surface area contributed by atoms with Crippen molar-refractivity contribution in [3.63, 3.8) is 0 Å². The summed E-state index contributed by atoms with van der Waals surface area (Å²) in [5.74, 6) is 1.29. The highest BCUT2D eigenvalue weighted by Crippen LogP contribution is 2.18. The Morgan fingerprint density at radius 3 is 2.63 bits per heavy atom. The van der Waals surface area contributed by atoms with E-state index in [9.17, 15) is 4.79 Å². The Bertz CT molecular complexity index is 934. The molecule has 2 aromatic carbocycles. The maximum atomic E-state index is 12.5. The van der Waals surface area contributed by atoms with Crippen LogP contribution in [0.25, 0.3) is 0 Å². The molecule has 1 N–H and O–H groups in total. The van der Waals surface area contributed by atoms with E-state index in [1.54, 1.807) is 12.1 Å². The Labute approximate surface area is 177 Å². The standard InChI is InChI=1S/C24H29N3O3/c1-4-27(21-11-6-5-7-12-21)15-9-14-25-24(28)20-10-8-13-22(16-20)29-17-23-18(2)26-30-19(23)3/h5-8,10-13,16H,4,9,14-15,17H2,1-3H3,(H,25,28). The third-order valence-corrected chi connectivity index (χ3v) is 5.05. The lowest BCUT2D eigenvalue weighted by Gasteiger charge is -2.23.